The van der Waals surface area contributed by atoms with Gasteiger partial charge in [0.05, 0.1) is 31.1 Å². The summed E-state index contributed by atoms with van der Waals surface area (Å²) in [4.78, 5) is 16.2. The minimum Gasteiger partial charge on any atom is -0.332 e. The lowest BCUT2D eigenvalue weighted by Gasteiger charge is -2.42. The normalized spacial score (nSPS) is 26.2. The fourth-order valence-electron chi connectivity index (χ4n) is 4.48. The van der Waals surface area contributed by atoms with E-state index in [1.165, 1.54) is 22.5 Å². The molecule has 1 amide bonds. The van der Waals surface area contributed by atoms with E-state index in [-0.39, 0.29) is 28.9 Å². The zero-order chi connectivity index (χ0) is 20.5. The van der Waals surface area contributed by atoms with Crippen molar-refractivity contribution in [1.29, 1.82) is 0 Å². The number of carbonyl (C=O) groups excluding carboxylic acids is 1. The van der Waals surface area contributed by atoms with Crippen LogP contribution in [0.2, 0.25) is 0 Å². The number of nitrogens with zero attached hydrogens (tertiary/aromatic N) is 2. The van der Waals surface area contributed by atoms with E-state index < -0.39 is 15.8 Å². The van der Waals surface area contributed by atoms with E-state index in [2.05, 4.69) is 13.8 Å². The molecule has 28 heavy (non-hydrogen) atoms. The zero-order valence-electron chi connectivity index (χ0n) is 16.9. The van der Waals surface area contributed by atoms with Crippen LogP contribution in [0.3, 0.4) is 0 Å². The van der Waals surface area contributed by atoms with Crippen molar-refractivity contribution < 1.29 is 22.5 Å². The largest absolute Gasteiger partial charge is 0.332 e. The van der Waals surface area contributed by atoms with Gasteiger partial charge in [0.15, 0.2) is 6.04 Å². The Morgan fingerprint density at radius 1 is 1.18 bits per heavy atom. The second-order valence-electron chi connectivity index (χ2n) is 8.12. The highest BCUT2D eigenvalue weighted by molar-refractivity contribution is 7.89. The molecule has 1 N–H and O–H groups in total. The van der Waals surface area contributed by atoms with Gasteiger partial charge in [-0.25, -0.2) is 12.8 Å². The Hall–Kier alpha value is -1.51. The molecule has 0 radical (unpaired) electrons. The molecule has 3 rings (SSSR count). The molecule has 2 fully saturated rings. The van der Waals surface area contributed by atoms with Crippen LogP contribution < -0.4 is 4.90 Å². The Morgan fingerprint density at radius 3 is 2.36 bits per heavy atom. The van der Waals surface area contributed by atoms with Crippen LogP contribution in [0, 0.1) is 5.82 Å². The number of likely N-dealkylation sites (tertiary alicyclic amines) is 1. The van der Waals surface area contributed by atoms with Crippen LogP contribution in [0.25, 0.3) is 0 Å². The summed E-state index contributed by atoms with van der Waals surface area (Å²) in [6.07, 6.45) is 3.24. The Labute approximate surface area is 167 Å². The summed E-state index contributed by atoms with van der Waals surface area (Å²) in [5.41, 5.74) is 0. The number of piperazine rings is 1. The summed E-state index contributed by atoms with van der Waals surface area (Å²) in [6.45, 7) is 7.96. The molecule has 6 nitrogen and oxygen atoms in total. The third-order valence-electron chi connectivity index (χ3n) is 6.23. The Kier molecular flexibility index (Phi) is 6.41. The third-order valence-corrected chi connectivity index (χ3v) is 8.12. The van der Waals surface area contributed by atoms with Crippen molar-refractivity contribution >= 4 is 15.9 Å². The van der Waals surface area contributed by atoms with Crippen molar-refractivity contribution in [2.24, 2.45) is 0 Å². The highest BCUT2D eigenvalue weighted by Crippen LogP contribution is 2.23. The average Bonchev–Trinajstić information content (AvgIpc) is 2.67. The van der Waals surface area contributed by atoms with E-state index in [0.29, 0.717) is 26.2 Å². The molecule has 0 spiro atoms. The number of sulfonamides is 1. The second-order valence-corrected chi connectivity index (χ2v) is 10.1. The molecule has 0 aromatic heterocycles. The van der Waals surface area contributed by atoms with Gasteiger partial charge in [-0.2, -0.15) is 4.31 Å². The number of carbonyl (C=O) groups is 1. The van der Waals surface area contributed by atoms with E-state index >= 15 is 0 Å². The Balaban J connectivity index is 1.64. The van der Waals surface area contributed by atoms with Crippen molar-refractivity contribution in [3.05, 3.63) is 30.1 Å². The molecule has 0 unspecified atom stereocenters. The molecule has 2 heterocycles. The van der Waals surface area contributed by atoms with Gasteiger partial charge in [0, 0.05) is 12.1 Å². The highest BCUT2D eigenvalue weighted by Gasteiger charge is 2.39. The number of piperidine rings is 1. The first-order chi connectivity index (χ1) is 13.2. The topological polar surface area (TPSA) is 62.1 Å². The summed E-state index contributed by atoms with van der Waals surface area (Å²) in [5, 5.41) is 0. The van der Waals surface area contributed by atoms with Gasteiger partial charge in [-0.05, 0) is 58.2 Å². The van der Waals surface area contributed by atoms with Gasteiger partial charge in [-0.15, -0.1) is 0 Å². The zero-order valence-corrected chi connectivity index (χ0v) is 17.7. The predicted octanol–water partition coefficient (Wildman–Crippen LogP) is 0.893. The van der Waals surface area contributed by atoms with Crippen LogP contribution >= 0.6 is 0 Å². The van der Waals surface area contributed by atoms with Gasteiger partial charge in [-0.3, -0.25) is 4.79 Å². The molecule has 0 bridgehead atoms. The summed E-state index contributed by atoms with van der Waals surface area (Å²) in [6, 6.07) is 5.44. The first-order valence-electron chi connectivity index (χ1n) is 10.1. The SMILES string of the molecule is C[C@@H]1CCC[C@H](C)N1C(=O)[C@@H](C)[NH+]1CCN(S(=O)(=O)c2cccc(F)c2)CC1. The van der Waals surface area contributed by atoms with Gasteiger partial charge in [0.1, 0.15) is 5.82 Å². The number of amides is 1. The first-order valence-corrected chi connectivity index (χ1v) is 11.6. The second kappa shape index (κ2) is 8.47. The molecule has 156 valence electrons. The molecule has 8 heteroatoms. The monoisotopic (exact) mass is 412 g/mol. The van der Waals surface area contributed by atoms with Crippen LogP contribution in [0.15, 0.2) is 29.2 Å². The average molecular weight is 413 g/mol. The lowest BCUT2D eigenvalue weighted by Crippen LogP contribution is -3.19. The molecular formula is C20H31FN3O3S+. The van der Waals surface area contributed by atoms with Gasteiger partial charge in [-0.1, -0.05) is 6.07 Å². The van der Waals surface area contributed by atoms with Crippen LogP contribution in [-0.2, 0) is 14.8 Å². The number of benzene rings is 1. The molecule has 0 aliphatic carbocycles. The van der Waals surface area contributed by atoms with Gasteiger partial charge in [0.2, 0.25) is 10.0 Å². The summed E-state index contributed by atoms with van der Waals surface area (Å²) in [7, 11) is -3.71. The summed E-state index contributed by atoms with van der Waals surface area (Å²) >= 11 is 0. The van der Waals surface area contributed by atoms with E-state index in [0.717, 1.165) is 30.2 Å². The maximum Gasteiger partial charge on any atom is 0.281 e. The maximum absolute atomic E-state index is 13.4. The van der Waals surface area contributed by atoms with Crippen molar-refractivity contribution in [2.45, 2.75) is 63.1 Å². The predicted molar refractivity (Wildman–Crippen MR) is 105 cm³/mol. The van der Waals surface area contributed by atoms with E-state index in [1.807, 2.05) is 11.8 Å². The molecular weight excluding hydrogens is 381 g/mol. The fraction of sp³-hybridized carbons (Fsp3) is 0.650. The third kappa shape index (κ3) is 4.23. The van der Waals surface area contributed by atoms with Crippen LogP contribution in [0.1, 0.15) is 40.0 Å². The van der Waals surface area contributed by atoms with Crippen LogP contribution in [0.4, 0.5) is 4.39 Å². The van der Waals surface area contributed by atoms with Crippen LogP contribution in [0.5, 0.6) is 0 Å². The number of hydrogen-bond donors (Lipinski definition) is 1. The molecule has 1 aromatic rings. The molecule has 0 saturated carbocycles. The summed E-state index contributed by atoms with van der Waals surface area (Å²) in [5.74, 6) is -0.398. The lowest BCUT2D eigenvalue weighted by atomic mass is 9.96. The molecule has 2 aliphatic rings. The Morgan fingerprint density at radius 2 is 1.79 bits per heavy atom. The number of halogens is 1. The molecule has 2 saturated heterocycles. The maximum atomic E-state index is 13.4. The van der Waals surface area contributed by atoms with Crippen molar-refractivity contribution in [1.82, 2.24) is 9.21 Å². The fourth-order valence-corrected chi connectivity index (χ4v) is 5.95. The van der Waals surface area contributed by atoms with Gasteiger partial charge >= 0.3 is 0 Å². The Bertz CT molecular complexity index is 799. The van der Waals surface area contributed by atoms with Crippen molar-refractivity contribution in [3.63, 3.8) is 0 Å². The van der Waals surface area contributed by atoms with Gasteiger partial charge < -0.3 is 9.80 Å². The summed E-state index contributed by atoms with van der Waals surface area (Å²) < 4.78 is 40.3. The van der Waals surface area contributed by atoms with E-state index in [1.54, 1.807) is 0 Å². The minimum absolute atomic E-state index is 0.0176. The number of rotatable bonds is 4. The molecule has 1 aromatic carbocycles. The number of nitrogens with one attached hydrogen (secondary N) is 1. The molecule has 3 atom stereocenters. The van der Waals surface area contributed by atoms with Gasteiger partial charge in [0.25, 0.3) is 5.91 Å². The van der Waals surface area contributed by atoms with Crippen LogP contribution in [-0.4, -0.2) is 67.8 Å². The standard InChI is InChI=1S/C20H30FN3O3S/c1-15-6-4-7-16(2)24(15)20(25)17(3)22-10-12-23(13-11-22)28(26,27)19-9-5-8-18(21)14-19/h5,8-9,14-17H,4,6-7,10-13H2,1-3H3/p+1/t15-,16+,17-/m1/s1. The lowest BCUT2D eigenvalue weighted by molar-refractivity contribution is -0.918. The number of quaternary nitrogens is 1. The molecule has 2 aliphatic heterocycles. The minimum atomic E-state index is -3.71. The van der Waals surface area contributed by atoms with E-state index in [9.17, 15) is 17.6 Å². The quantitative estimate of drug-likeness (QED) is 0.799. The smallest absolute Gasteiger partial charge is 0.281 e. The highest BCUT2D eigenvalue weighted by atomic mass is 32.2. The van der Waals surface area contributed by atoms with E-state index in [4.69, 9.17) is 0 Å². The van der Waals surface area contributed by atoms with Crippen molar-refractivity contribution in [3.8, 4) is 0 Å². The number of hydrogen-bond acceptors (Lipinski definition) is 3. The first kappa shape index (κ1) is 21.2. The van der Waals surface area contributed by atoms with Crippen molar-refractivity contribution in [2.75, 3.05) is 26.2 Å².